The van der Waals surface area contributed by atoms with Crippen LogP contribution in [0.1, 0.15) is 21.0 Å². The molecule has 0 atom stereocenters. The minimum absolute atomic E-state index is 0. The molecule has 0 unspecified atom stereocenters. The van der Waals surface area contributed by atoms with E-state index < -0.39 is 64.7 Å². The molecule has 4 aromatic carbocycles. The van der Waals surface area contributed by atoms with Gasteiger partial charge in [0.25, 0.3) is 11.8 Å². The second-order valence-electron chi connectivity index (χ2n) is 9.69. The van der Waals surface area contributed by atoms with Crippen molar-refractivity contribution in [2.75, 3.05) is 10.6 Å². The van der Waals surface area contributed by atoms with Gasteiger partial charge in [0.15, 0.2) is 0 Å². The van der Waals surface area contributed by atoms with Crippen LogP contribution in [0.2, 0.25) is 0 Å². The van der Waals surface area contributed by atoms with Crippen LogP contribution >= 0.6 is 24.1 Å². The third-order valence-electron chi connectivity index (χ3n) is 6.55. The fourth-order valence-corrected chi connectivity index (χ4v) is 6.58. The number of pyridine rings is 1. The fourth-order valence-electron chi connectivity index (χ4n) is 4.63. The van der Waals surface area contributed by atoms with E-state index in [1.807, 2.05) is 0 Å². The molecular formula is C27H15N3Na4O16S4. The number of benzene rings is 4. The Kier molecular flexibility index (Phi) is 20.9. The number of carbonyl (C=O) groups excluding carboxylic acids is 2. The molecule has 0 spiro atoms. The Morgan fingerprint density at radius 1 is 0.630 bits per heavy atom. The number of amides is 2. The summed E-state index contributed by atoms with van der Waals surface area (Å²) in [7, 11) is -10.1. The van der Waals surface area contributed by atoms with Crippen LogP contribution in [0.3, 0.4) is 0 Å². The number of hydrogen-bond acceptors (Lipinski definition) is 19. The molecule has 54 heavy (non-hydrogen) atoms. The number of aromatic nitrogens is 1. The van der Waals surface area contributed by atoms with Crippen molar-refractivity contribution < 1.29 is 193 Å². The smallest absolute Gasteiger partial charge is 0.744 e. The van der Waals surface area contributed by atoms with Crippen LogP contribution in [-0.2, 0) is 39.0 Å². The normalized spacial score (nSPS) is 11.0. The SMILES string of the molecule is O=C(Nc1cc(SOO[O-])cc2cc(S(=O)(=O)[O-])cc(O)c12)c1cccc(C(=O)Nc2cc(S(=O)(=O)[O-])cc3cc(SOO[O-])cc(O)c23)n1.[Na+].[Na+].[Na+].[Na+]. The van der Waals surface area contributed by atoms with E-state index >= 15 is 0 Å². The van der Waals surface area contributed by atoms with Gasteiger partial charge in [0.05, 0.1) is 45.3 Å². The van der Waals surface area contributed by atoms with Crippen LogP contribution in [0, 0.1) is 0 Å². The number of hydrogen-bond donors (Lipinski definition) is 4. The molecule has 0 aliphatic carbocycles. The number of rotatable bonds is 12. The number of fused-ring (bicyclic) bond motifs is 2. The Labute approximate surface area is 401 Å². The summed E-state index contributed by atoms with van der Waals surface area (Å²) in [4.78, 5) is 29.1. The van der Waals surface area contributed by atoms with Crippen LogP contribution in [-0.4, -0.2) is 53.0 Å². The van der Waals surface area contributed by atoms with Gasteiger partial charge >= 0.3 is 118 Å². The molecule has 4 N–H and O–H groups in total. The van der Waals surface area contributed by atoms with Crippen molar-refractivity contribution in [3.63, 3.8) is 0 Å². The molecule has 1 aromatic heterocycles. The van der Waals surface area contributed by atoms with Gasteiger partial charge in [-0.3, -0.25) is 19.7 Å². The number of phenolic OH excluding ortho intramolecular Hbond substituents is 2. The number of phenols is 2. The van der Waals surface area contributed by atoms with E-state index in [0.29, 0.717) is 30.2 Å². The van der Waals surface area contributed by atoms with Gasteiger partial charge in [0, 0.05) is 20.6 Å². The summed E-state index contributed by atoms with van der Waals surface area (Å²) in [5.41, 5.74) is -1.35. The minimum atomic E-state index is -5.10. The molecule has 1 heterocycles. The van der Waals surface area contributed by atoms with Crippen molar-refractivity contribution in [2.45, 2.75) is 19.6 Å². The van der Waals surface area contributed by atoms with Gasteiger partial charge in [-0.2, -0.15) is 8.67 Å². The van der Waals surface area contributed by atoms with Crippen molar-refractivity contribution >= 4 is 89.1 Å². The number of aromatic hydroxyl groups is 2. The maximum absolute atomic E-state index is 13.3. The van der Waals surface area contributed by atoms with E-state index in [1.165, 1.54) is 36.4 Å². The Bertz CT molecular complexity index is 2410. The van der Waals surface area contributed by atoms with E-state index in [9.17, 15) is 56.3 Å². The second-order valence-corrected chi connectivity index (χ2v) is 14.0. The molecule has 0 saturated carbocycles. The van der Waals surface area contributed by atoms with Gasteiger partial charge in [0.2, 0.25) is 0 Å². The number of anilines is 2. The van der Waals surface area contributed by atoms with Gasteiger partial charge < -0.3 is 40.5 Å². The van der Waals surface area contributed by atoms with Crippen molar-refractivity contribution in [3.8, 4) is 11.5 Å². The third kappa shape index (κ3) is 12.7. The standard InChI is InChI=1S/C27H19N3O16S4.4Na/c31-22-9-15(48-46-44-36)5-13-6-16(49(37,38)39)10-21(25(13)22)30-27(34)19-3-1-2-18(28-19)26(33)29-20-8-14(47-45-43-35)4-12-7-17(50(40,41)42)11-23(32)24(12)20;;;;/h1-11,31-32,35-36H,(H,29,33)(H,30,34)(H,37,38,39)(H,40,41,42);;;;/q;4*+1/p-4. The van der Waals surface area contributed by atoms with Gasteiger partial charge in [-0.15, -0.1) is 0 Å². The molecule has 0 radical (unpaired) electrons. The Morgan fingerprint density at radius 2 is 1.04 bits per heavy atom. The molecule has 19 nitrogen and oxygen atoms in total. The molecule has 5 aromatic rings. The largest absolute Gasteiger partial charge is 1.00 e. The van der Waals surface area contributed by atoms with Crippen molar-refractivity contribution in [1.29, 1.82) is 0 Å². The van der Waals surface area contributed by atoms with Crippen LogP contribution in [0.4, 0.5) is 11.4 Å². The second kappa shape index (κ2) is 21.9. The zero-order valence-electron chi connectivity index (χ0n) is 28.0. The van der Waals surface area contributed by atoms with E-state index in [1.54, 1.807) is 0 Å². The first-order valence-corrected chi connectivity index (χ1v) is 17.3. The fraction of sp³-hybridized carbons (Fsp3) is 0. The first-order valence-electron chi connectivity index (χ1n) is 13.0. The Morgan fingerprint density at radius 3 is 1.48 bits per heavy atom. The maximum Gasteiger partial charge on any atom is 1.00 e. The summed E-state index contributed by atoms with van der Waals surface area (Å²) < 4.78 is 78.8. The third-order valence-corrected chi connectivity index (χ3v) is 9.28. The Balaban J connectivity index is 0.00000364. The molecule has 2 amide bonds. The molecule has 27 heteroatoms. The summed E-state index contributed by atoms with van der Waals surface area (Å²) in [5.74, 6) is -3.28. The molecule has 0 bridgehead atoms. The average Bonchev–Trinajstić information content (AvgIpc) is 3.05. The predicted octanol–water partition coefficient (Wildman–Crippen LogP) is -10.4. The first kappa shape index (κ1) is 51.4. The molecule has 5 rings (SSSR count). The van der Waals surface area contributed by atoms with Gasteiger partial charge in [-0.25, -0.2) is 21.8 Å². The average molecular weight is 858 g/mol. The van der Waals surface area contributed by atoms with Crippen LogP contribution in [0.5, 0.6) is 11.5 Å². The molecule has 0 aliphatic rings. The van der Waals surface area contributed by atoms with Crippen LogP contribution < -0.4 is 139 Å². The topological polar surface area (TPSA) is 309 Å². The summed E-state index contributed by atoms with van der Waals surface area (Å²) in [6.07, 6.45) is 0. The van der Waals surface area contributed by atoms with E-state index in [2.05, 4.69) is 34.4 Å². The van der Waals surface area contributed by atoms with Crippen molar-refractivity contribution in [1.82, 2.24) is 4.98 Å². The minimum Gasteiger partial charge on any atom is -0.744 e. The summed E-state index contributed by atoms with van der Waals surface area (Å²) in [6.45, 7) is 0. The molecule has 262 valence electrons. The quantitative estimate of drug-likeness (QED) is 0.0298. The van der Waals surface area contributed by atoms with Crippen molar-refractivity contribution in [3.05, 3.63) is 78.1 Å². The van der Waals surface area contributed by atoms with E-state index in [-0.39, 0.29) is 161 Å². The monoisotopic (exact) mass is 857 g/mol. The van der Waals surface area contributed by atoms with Crippen molar-refractivity contribution in [2.24, 2.45) is 0 Å². The molecular weight excluding hydrogens is 843 g/mol. The van der Waals surface area contributed by atoms with Gasteiger partial charge in [-0.1, -0.05) is 6.07 Å². The molecule has 0 aliphatic heterocycles. The van der Waals surface area contributed by atoms with E-state index in [4.69, 9.17) is 0 Å². The van der Waals surface area contributed by atoms with Crippen LogP contribution in [0.25, 0.3) is 21.5 Å². The predicted molar refractivity (Wildman–Crippen MR) is 163 cm³/mol. The summed E-state index contributed by atoms with van der Waals surface area (Å²) in [5, 5.41) is 52.7. The van der Waals surface area contributed by atoms with Crippen LogP contribution in [0.15, 0.2) is 86.3 Å². The number of nitrogens with one attached hydrogen (secondary N) is 2. The first-order chi connectivity index (χ1) is 23.6. The number of carbonyl (C=O) groups is 2. The zero-order valence-corrected chi connectivity index (χ0v) is 39.3. The molecule has 0 fully saturated rings. The summed E-state index contributed by atoms with van der Waals surface area (Å²) >= 11 is 0.700. The number of nitrogens with zero attached hydrogens (tertiary/aromatic N) is 1. The van der Waals surface area contributed by atoms with E-state index in [0.717, 1.165) is 24.3 Å². The van der Waals surface area contributed by atoms with Gasteiger partial charge in [0.1, 0.15) is 43.1 Å². The maximum atomic E-state index is 13.3. The van der Waals surface area contributed by atoms with Gasteiger partial charge in [-0.05, 0) is 71.4 Å². The summed E-state index contributed by atoms with van der Waals surface area (Å²) in [6, 6.07) is 11.6. The molecule has 0 saturated heterocycles. The Hall–Kier alpha value is -0.630. The zero-order chi connectivity index (χ0) is 36.4.